The Bertz CT molecular complexity index is 721. The summed E-state index contributed by atoms with van der Waals surface area (Å²) in [5.41, 5.74) is 0.768. The third kappa shape index (κ3) is 4.74. The number of urea groups is 1. The van der Waals surface area contributed by atoms with E-state index in [1.807, 2.05) is 37.3 Å². The van der Waals surface area contributed by atoms with Gasteiger partial charge < -0.3 is 15.1 Å². The Morgan fingerprint density at radius 3 is 2.68 bits per heavy atom. The maximum absolute atomic E-state index is 11.7. The van der Waals surface area contributed by atoms with Crippen molar-refractivity contribution in [2.45, 2.75) is 13.0 Å². The molecule has 0 spiro atoms. The van der Waals surface area contributed by atoms with Crippen molar-refractivity contribution in [3.8, 4) is 0 Å². The lowest BCUT2D eigenvalue weighted by Gasteiger charge is -2.12. The van der Waals surface area contributed by atoms with Gasteiger partial charge in [-0.15, -0.1) is 0 Å². The predicted octanol–water partition coefficient (Wildman–Crippen LogP) is 1.34. The molecule has 1 unspecified atom stereocenters. The van der Waals surface area contributed by atoms with E-state index in [1.165, 1.54) is 0 Å². The summed E-state index contributed by atoms with van der Waals surface area (Å²) in [5, 5.41) is 6.28. The number of hydrogen-bond donors (Lipinski definition) is 3. The van der Waals surface area contributed by atoms with Crippen LogP contribution < -0.4 is 15.4 Å². The fourth-order valence-electron chi connectivity index (χ4n) is 1.95. The van der Waals surface area contributed by atoms with Crippen LogP contribution in [0.5, 0.6) is 0 Å². The topological polar surface area (TPSA) is 100 Å². The number of hydrogen-bond acceptors (Lipinski definition) is 4. The average molecular weight is 325 g/mol. The highest BCUT2D eigenvalue weighted by atomic mass is 32.2. The number of nitrogens with one attached hydrogen (secondary N) is 3. The number of furan rings is 1. The molecule has 22 heavy (non-hydrogen) atoms. The van der Waals surface area contributed by atoms with Gasteiger partial charge >= 0.3 is 6.03 Å². The molecule has 0 fully saturated rings. The van der Waals surface area contributed by atoms with Gasteiger partial charge in [0.15, 0.2) is 0 Å². The minimum atomic E-state index is -3.24. The van der Waals surface area contributed by atoms with E-state index in [-0.39, 0.29) is 25.2 Å². The summed E-state index contributed by atoms with van der Waals surface area (Å²) in [6.45, 7) is 2.16. The van der Waals surface area contributed by atoms with E-state index >= 15 is 0 Å². The molecule has 3 N–H and O–H groups in total. The van der Waals surface area contributed by atoms with E-state index in [9.17, 15) is 13.2 Å². The maximum Gasteiger partial charge on any atom is 0.315 e. The fraction of sp³-hybridized carbons (Fsp3) is 0.357. The summed E-state index contributed by atoms with van der Waals surface area (Å²) >= 11 is 0. The van der Waals surface area contributed by atoms with Gasteiger partial charge in [-0.3, -0.25) is 0 Å². The molecule has 0 saturated carbocycles. The Morgan fingerprint density at radius 2 is 2.00 bits per heavy atom. The largest absolute Gasteiger partial charge is 0.459 e. The first-order valence-corrected chi connectivity index (χ1v) is 8.72. The summed E-state index contributed by atoms with van der Waals surface area (Å²) < 4.78 is 29.7. The van der Waals surface area contributed by atoms with Gasteiger partial charge in [0.2, 0.25) is 10.0 Å². The number of benzene rings is 1. The second-order valence-electron chi connectivity index (χ2n) is 4.98. The molecule has 7 nitrogen and oxygen atoms in total. The molecular weight excluding hydrogens is 306 g/mol. The quantitative estimate of drug-likeness (QED) is 0.698. The standard InChI is InChI=1S/C14H19N3O4S/c1-10(13-9-11-5-3-4-6-12(11)21-13)17-14(18)15-7-8-16-22(2,19)20/h3-6,9-10,16H,7-8H2,1-2H3,(H2,15,17,18). The summed E-state index contributed by atoms with van der Waals surface area (Å²) in [5.74, 6) is 0.658. The Kier molecular flexibility index (Phi) is 5.04. The van der Waals surface area contributed by atoms with Gasteiger partial charge in [0.05, 0.1) is 12.3 Å². The van der Waals surface area contributed by atoms with Gasteiger partial charge in [0.25, 0.3) is 0 Å². The molecule has 1 aromatic heterocycles. The molecule has 8 heteroatoms. The van der Waals surface area contributed by atoms with Crippen LogP contribution in [0.25, 0.3) is 11.0 Å². The van der Waals surface area contributed by atoms with Crippen molar-refractivity contribution >= 4 is 27.0 Å². The van der Waals surface area contributed by atoms with Gasteiger partial charge in [0, 0.05) is 18.5 Å². The molecule has 120 valence electrons. The van der Waals surface area contributed by atoms with Crippen molar-refractivity contribution in [3.05, 3.63) is 36.1 Å². The monoisotopic (exact) mass is 325 g/mol. The van der Waals surface area contributed by atoms with Crippen LogP contribution in [0.3, 0.4) is 0 Å². The van der Waals surface area contributed by atoms with E-state index in [0.29, 0.717) is 5.76 Å². The zero-order chi connectivity index (χ0) is 16.2. The molecule has 1 heterocycles. The molecule has 1 aromatic carbocycles. The lowest BCUT2D eigenvalue weighted by atomic mass is 10.2. The minimum absolute atomic E-state index is 0.144. The zero-order valence-electron chi connectivity index (χ0n) is 12.4. The first-order chi connectivity index (χ1) is 10.3. The Morgan fingerprint density at radius 1 is 1.27 bits per heavy atom. The zero-order valence-corrected chi connectivity index (χ0v) is 13.2. The van der Waals surface area contributed by atoms with Crippen LogP contribution in [-0.4, -0.2) is 33.8 Å². The van der Waals surface area contributed by atoms with Crippen LogP contribution >= 0.6 is 0 Å². The number of carbonyl (C=O) groups excluding carboxylic acids is 1. The molecule has 0 aliphatic carbocycles. The highest BCUT2D eigenvalue weighted by Gasteiger charge is 2.13. The van der Waals surface area contributed by atoms with Crippen molar-refractivity contribution in [3.63, 3.8) is 0 Å². The molecule has 2 rings (SSSR count). The summed E-state index contributed by atoms with van der Waals surface area (Å²) in [7, 11) is -3.24. The summed E-state index contributed by atoms with van der Waals surface area (Å²) in [4.78, 5) is 11.7. The highest BCUT2D eigenvalue weighted by Crippen LogP contribution is 2.23. The van der Waals surface area contributed by atoms with E-state index in [2.05, 4.69) is 15.4 Å². The van der Waals surface area contributed by atoms with Crippen molar-refractivity contribution in [1.82, 2.24) is 15.4 Å². The van der Waals surface area contributed by atoms with Crippen LogP contribution in [-0.2, 0) is 10.0 Å². The molecular formula is C14H19N3O4S. The SMILES string of the molecule is CC(NC(=O)NCCNS(C)(=O)=O)c1cc2ccccc2o1. The van der Waals surface area contributed by atoms with Gasteiger partial charge in [0.1, 0.15) is 11.3 Å². The Balaban J connectivity index is 1.83. The average Bonchev–Trinajstić information content (AvgIpc) is 2.86. The number of para-hydroxylation sites is 1. The third-order valence-corrected chi connectivity index (χ3v) is 3.72. The van der Waals surface area contributed by atoms with Gasteiger partial charge in [-0.05, 0) is 19.1 Å². The molecule has 0 radical (unpaired) electrons. The summed E-state index contributed by atoms with van der Waals surface area (Å²) in [6.07, 6.45) is 1.07. The molecule has 0 aliphatic heterocycles. The normalized spacial score (nSPS) is 13.0. The number of amides is 2. The second kappa shape index (κ2) is 6.80. The predicted molar refractivity (Wildman–Crippen MR) is 84.0 cm³/mol. The van der Waals surface area contributed by atoms with Crippen LogP contribution in [0.4, 0.5) is 4.79 Å². The molecule has 0 bridgehead atoms. The highest BCUT2D eigenvalue weighted by molar-refractivity contribution is 7.88. The first kappa shape index (κ1) is 16.3. The minimum Gasteiger partial charge on any atom is -0.459 e. The molecule has 0 aliphatic rings. The van der Waals surface area contributed by atoms with Crippen LogP contribution in [0.15, 0.2) is 34.7 Å². The first-order valence-electron chi connectivity index (χ1n) is 6.82. The van der Waals surface area contributed by atoms with Crippen LogP contribution in [0.2, 0.25) is 0 Å². The maximum atomic E-state index is 11.7. The van der Waals surface area contributed by atoms with Crippen LogP contribution in [0, 0.1) is 0 Å². The number of fused-ring (bicyclic) bond motifs is 1. The van der Waals surface area contributed by atoms with Crippen molar-refractivity contribution in [2.24, 2.45) is 0 Å². The number of rotatable bonds is 6. The molecule has 0 saturated heterocycles. The third-order valence-electron chi connectivity index (χ3n) is 2.99. The van der Waals surface area contributed by atoms with Crippen molar-refractivity contribution in [1.29, 1.82) is 0 Å². The molecule has 1 atom stereocenters. The lowest BCUT2D eigenvalue weighted by Crippen LogP contribution is -2.40. The van der Waals surface area contributed by atoms with Crippen LogP contribution in [0.1, 0.15) is 18.7 Å². The second-order valence-corrected chi connectivity index (χ2v) is 6.81. The van der Waals surface area contributed by atoms with Gasteiger partial charge in [-0.1, -0.05) is 18.2 Å². The van der Waals surface area contributed by atoms with Crippen molar-refractivity contribution < 1.29 is 17.6 Å². The Labute approximate surface area is 129 Å². The number of sulfonamides is 1. The molecule has 2 aromatic rings. The molecule has 2 amide bonds. The summed E-state index contributed by atoms with van der Waals surface area (Å²) in [6, 6.07) is 8.80. The van der Waals surface area contributed by atoms with Crippen molar-refractivity contribution in [2.75, 3.05) is 19.3 Å². The lowest BCUT2D eigenvalue weighted by molar-refractivity contribution is 0.236. The van der Waals surface area contributed by atoms with Gasteiger partial charge in [-0.25, -0.2) is 17.9 Å². The van der Waals surface area contributed by atoms with E-state index in [0.717, 1.165) is 17.2 Å². The van der Waals surface area contributed by atoms with E-state index in [1.54, 1.807) is 0 Å². The fourth-order valence-corrected chi connectivity index (χ4v) is 2.42. The van der Waals surface area contributed by atoms with E-state index in [4.69, 9.17) is 4.42 Å². The number of carbonyl (C=O) groups is 1. The Hall–Kier alpha value is -2.06. The van der Waals surface area contributed by atoms with E-state index < -0.39 is 10.0 Å². The van der Waals surface area contributed by atoms with Gasteiger partial charge in [-0.2, -0.15) is 0 Å². The smallest absolute Gasteiger partial charge is 0.315 e.